The molecule has 0 unspecified atom stereocenters. The van der Waals surface area contributed by atoms with Crippen molar-refractivity contribution in [3.63, 3.8) is 0 Å². The van der Waals surface area contributed by atoms with Gasteiger partial charge in [0.1, 0.15) is 0 Å². The predicted molar refractivity (Wildman–Crippen MR) is 67.0 cm³/mol. The Morgan fingerprint density at radius 2 is 2.06 bits per heavy atom. The summed E-state index contributed by atoms with van der Waals surface area (Å²) >= 11 is 0. The minimum absolute atomic E-state index is 0.183. The Balaban J connectivity index is 2.38. The van der Waals surface area contributed by atoms with Crippen molar-refractivity contribution in [3.05, 3.63) is 29.3 Å². The molecular weight excluding hydrogens is 236 g/mol. The lowest BCUT2D eigenvalue weighted by Gasteiger charge is -2.17. The topological polar surface area (TPSA) is 63.4 Å². The second-order valence-corrected chi connectivity index (χ2v) is 6.54. The number of rotatable bonds is 4. The van der Waals surface area contributed by atoms with Crippen molar-refractivity contribution >= 4 is 10.0 Å². The van der Waals surface area contributed by atoms with Crippen molar-refractivity contribution < 1.29 is 8.42 Å². The maximum atomic E-state index is 12.3. The van der Waals surface area contributed by atoms with Crippen molar-refractivity contribution in [2.45, 2.75) is 37.2 Å². The van der Waals surface area contributed by atoms with Crippen LogP contribution in [0.1, 0.15) is 24.0 Å². The molecule has 0 aromatic heterocycles. The third-order valence-corrected chi connectivity index (χ3v) is 5.18. The normalized spacial score (nSPS) is 16.5. The van der Waals surface area contributed by atoms with E-state index in [0.29, 0.717) is 11.4 Å². The Labute approximate surface area is 102 Å². The molecular formula is C12H18N2O2S. The first-order valence-electron chi connectivity index (χ1n) is 5.74. The van der Waals surface area contributed by atoms with Crippen LogP contribution >= 0.6 is 0 Å². The summed E-state index contributed by atoms with van der Waals surface area (Å²) in [6.07, 6.45) is 1.93. The van der Waals surface area contributed by atoms with Crippen LogP contribution < -0.4 is 5.73 Å². The van der Waals surface area contributed by atoms with Gasteiger partial charge in [-0.2, -0.15) is 4.31 Å². The standard InChI is InChI=1S/C12H18N2O2S/c1-9-3-6-12(7-10(9)8-13)17(15,16)14(2)11-4-5-11/h3,6-7,11H,4-5,8,13H2,1-2H3. The molecule has 0 amide bonds. The Morgan fingerprint density at radius 1 is 1.41 bits per heavy atom. The van der Waals surface area contributed by atoms with Gasteiger partial charge in [0.25, 0.3) is 0 Å². The van der Waals surface area contributed by atoms with Crippen molar-refractivity contribution in [3.8, 4) is 0 Å². The van der Waals surface area contributed by atoms with E-state index in [2.05, 4.69) is 0 Å². The fourth-order valence-electron chi connectivity index (χ4n) is 1.83. The van der Waals surface area contributed by atoms with Gasteiger partial charge in [0, 0.05) is 19.6 Å². The molecule has 0 saturated heterocycles. The lowest BCUT2D eigenvalue weighted by atomic mass is 10.1. The van der Waals surface area contributed by atoms with Gasteiger partial charge in [0.15, 0.2) is 0 Å². The van der Waals surface area contributed by atoms with Gasteiger partial charge in [-0.3, -0.25) is 0 Å². The maximum absolute atomic E-state index is 12.3. The van der Waals surface area contributed by atoms with E-state index in [1.165, 1.54) is 4.31 Å². The first-order valence-corrected chi connectivity index (χ1v) is 7.18. The number of nitrogens with two attached hydrogens (primary N) is 1. The number of hydrogen-bond acceptors (Lipinski definition) is 3. The van der Waals surface area contributed by atoms with E-state index in [0.717, 1.165) is 24.0 Å². The van der Waals surface area contributed by atoms with Gasteiger partial charge in [0.2, 0.25) is 10.0 Å². The minimum atomic E-state index is -3.35. The van der Waals surface area contributed by atoms with Crippen LogP contribution in [0.25, 0.3) is 0 Å². The first kappa shape index (κ1) is 12.5. The van der Waals surface area contributed by atoms with Crippen LogP contribution in [0.3, 0.4) is 0 Å². The molecule has 1 aliphatic carbocycles. The van der Waals surface area contributed by atoms with Crippen LogP contribution in [0.2, 0.25) is 0 Å². The van der Waals surface area contributed by atoms with Gasteiger partial charge >= 0.3 is 0 Å². The summed E-state index contributed by atoms with van der Waals surface area (Å²) in [5.41, 5.74) is 7.52. The van der Waals surface area contributed by atoms with E-state index in [4.69, 9.17) is 5.73 Å². The molecule has 0 atom stereocenters. The molecule has 0 spiro atoms. The Kier molecular flexibility index (Phi) is 3.25. The van der Waals surface area contributed by atoms with E-state index < -0.39 is 10.0 Å². The van der Waals surface area contributed by atoms with Gasteiger partial charge in [-0.15, -0.1) is 0 Å². The number of sulfonamides is 1. The second-order valence-electron chi connectivity index (χ2n) is 4.54. The first-order chi connectivity index (χ1) is 7.96. The molecule has 0 heterocycles. The lowest BCUT2D eigenvalue weighted by Crippen LogP contribution is -2.29. The molecule has 1 aromatic rings. The third-order valence-electron chi connectivity index (χ3n) is 3.28. The molecule has 1 saturated carbocycles. The van der Waals surface area contributed by atoms with Crippen molar-refractivity contribution in [1.82, 2.24) is 4.31 Å². The van der Waals surface area contributed by atoms with Crippen molar-refractivity contribution in [2.75, 3.05) is 7.05 Å². The molecule has 1 aliphatic rings. The molecule has 4 nitrogen and oxygen atoms in total. The molecule has 0 radical (unpaired) electrons. The predicted octanol–water partition coefficient (Wildman–Crippen LogP) is 1.24. The van der Waals surface area contributed by atoms with E-state index >= 15 is 0 Å². The highest BCUT2D eigenvalue weighted by Gasteiger charge is 2.35. The Hall–Kier alpha value is -0.910. The van der Waals surface area contributed by atoms with Crippen LogP contribution in [-0.2, 0) is 16.6 Å². The molecule has 1 aromatic carbocycles. The van der Waals surface area contributed by atoms with Crippen LogP contribution in [0.15, 0.2) is 23.1 Å². The van der Waals surface area contributed by atoms with Gasteiger partial charge < -0.3 is 5.73 Å². The minimum Gasteiger partial charge on any atom is -0.326 e. The summed E-state index contributed by atoms with van der Waals surface area (Å²) in [6.45, 7) is 2.30. The van der Waals surface area contributed by atoms with Crippen LogP contribution in [0.4, 0.5) is 0 Å². The molecule has 0 aliphatic heterocycles. The molecule has 17 heavy (non-hydrogen) atoms. The summed E-state index contributed by atoms with van der Waals surface area (Å²) in [7, 11) is -1.70. The second kappa shape index (κ2) is 4.40. The molecule has 2 N–H and O–H groups in total. The SMILES string of the molecule is Cc1ccc(S(=O)(=O)N(C)C2CC2)cc1CN. The third kappa shape index (κ3) is 2.36. The van der Waals surface area contributed by atoms with Crippen LogP contribution in [-0.4, -0.2) is 25.8 Å². The lowest BCUT2D eigenvalue weighted by molar-refractivity contribution is 0.464. The highest BCUT2D eigenvalue weighted by Crippen LogP contribution is 2.30. The zero-order valence-corrected chi connectivity index (χ0v) is 11.0. The fourth-order valence-corrected chi connectivity index (χ4v) is 3.30. The molecule has 5 heteroatoms. The molecule has 2 rings (SSSR count). The Bertz CT molecular complexity index is 521. The summed E-state index contributed by atoms with van der Waals surface area (Å²) < 4.78 is 26.0. The molecule has 0 bridgehead atoms. The van der Waals surface area contributed by atoms with Crippen LogP contribution in [0.5, 0.6) is 0 Å². The average Bonchev–Trinajstić information content (AvgIpc) is 3.12. The van der Waals surface area contributed by atoms with Crippen LogP contribution in [0, 0.1) is 6.92 Å². The van der Waals surface area contributed by atoms with Crippen molar-refractivity contribution in [1.29, 1.82) is 0 Å². The summed E-state index contributed by atoms with van der Waals surface area (Å²) in [5, 5.41) is 0. The monoisotopic (exact) mass is 254 g/mol. The van der Waals surface area contributed by atoms with Crippen molar-refractivity contribution in [2.24, 2.45) is 5.73 Å². The summed E-state index contributed by atoms with van der Waals surface area (Å²) in [6, 6.07) is 5.34. The van der Waals surface area contributed by atoms with E-state index in [1.807, 2.05) is 13.0 Å². The highest BCUT2D eigenvalue weighted by molar-refractivity contribution is 7.89. The highest BCUT2D eigenvalue weighted by atomic mass is 32.2. The van der Waals surface area contributed by atoms with Gasteiger partial charge in [0.05, 0.1) is 4.90 Å². The number of hydrogen-bond donors (Lipinski definition) is 1. The zero-order chi connectivity index (χ0) is 12.6. The van der Waals surface area contributed by atoms with Gasteiger partial charge in [-0.05, 0) is 43.0 Å². The van der Waals surface area contributed by atoms with Gasteiger partial charge in [-0.1, -0.05) is 6.07 Å². The van der Waals surface area contributed by atoms with E-state index in [1.54, 1.807) is 19.2 Å². The van der Waals surface area contributed by atoms with E-state index in [9.17, 15) is 8.42 Å². The summed E-state index contributed by atoms with van der Waals surface area (Å²) in [5.74, 6) is 0. The Morgan fingerprint density at radius 3 is 2.59 bits per heavy atom. The molecule has 1 fully saturated rings. The largest absolute Gasteiger partial charge is 0.326 e. The number of aryl methyl sites for hydroxylation is 1. The smallest absolute Gasteiger partial charge is 0.243 e. The summed E-state index contributed by atoms with van der Waals surface area (Å²) in [4.78, 5) is 0.345. The number of nitrogens with zero attached hydrogens (tertiary/aromatic N) is 1. The maximum Gasteiger partial charge on any atom is 0.243 e. The fraction of sp³-hybridized carbons (Fsp3) is 0.500. The average molecular weight is 254 g/mol. The quantitative estimate of drug-likeness (QED) is 0.879. The molecule has 94 valence electrons. The number of benzene rings is 1. The zero-order valence-electron chi connectivity index (χ0n) is 10.2. The van der Waals surface area contributed by atoms with E-state index in [-0.39, 0.29) is 6.04 Å². The van der Waals surface area contributed by atoms with Gasteiger partial charge in [-0.25, -0.2) is 8.42 Å².